The largest absolute Gasteiger partial charge is 0.394 e. The van der Waals surface area contributed by atoms with Gasteiger partial charge in [0.15, 0.2) is 0 Å². The standard InChI is InChI=1S/C19H24ClN3O3/c1-10-5-11(2)23-19(26)16(10)8-21-18(25)15-6-14(20)7-17(13(15)4)22-12(3)9-24/h5-7,12,22,24H,8-9H2,1-4H3,(H,21,25)(H,23,26). The van der Waals surface area contributed by atoms with Gasteiger partial charge in [-0.1, -0.05) is 11.6 Å². The smallest absolute Gasteiger partial charge is 0.253 e. The number of aromatic amines is 1. The minimum absolute atomic E-state index is 0.0387. The van der Waals surface area contributed by atoms with Crippen LogP contribution < -0.4 is 16.2 Å². The maximum Gasteiger partial charge on any atom is 0.253 e. The number of carbonyl (C=O) groups is 1. The number of anilines is 1. The molecule has 0 radical (unpaired) electrons. The number of aromatic nitrogens is 1. The summed E-state index contributed by atoms with van der Waals surface area (Å²) in [6, 6.07) is 5.00. The molecule has 0 spiro atoms. The number of halogens is 1. The quantitative estimate of drug-likeness (QED) is 0.622. The van der Waals surface area contributed by atoms with E-state index in [1.165, 1.54) is 0 Å². The molecule has 2 aromatic rings. The second-order valence-electron chi connectivity index (χ2n) is 6.48. The maximum atomic E-state index is 12.6. The van der Waals surface area contributed by atoms with E-state index in [0.29, 0.717) is 21.8 Å². The van der Waals surface area contributed by atoms with E-state index < -0.39 is 0 Å². The number of aryl methyl sites for hydroxylation is 2. The van der Waals surface area contributed by atoms with Crippen LogP contribution in [-0.4, -0.2) is 28.6 Å². The normalized spacial score (nSPS) is 11.9. The lowest BCUT2D eigenvalue weighted by molar-refractivity contribution is 0.0950. The number of pyridine rings is 1. The molecule has 1 atom stereocenters. The van der Waals surface area contributed by atoms with Crippen LogP contribution in [0.15, 0.2) is 23.0 Å². The topological polar surface area (TPSA) is 94.2 Å². The molecule has 26 heavy (non-hydrogen) atoms. The lowest BCUT2D eigenvalue weighted by Gasteiger charge is -2.18. The van der Waals surface area contributed by atoms with Crippen molar-refractivity contribution in [2.75, 3.05) is 11.9 Å². The predicted molar refractivity (Wildman–Crippen MR) is 104 cm³/mol. The molecule has 1 aromatic heterocycles. The number of rotatable bonds is 6. The van der Waals surface area contributed by atoms with Gasteiger partial charge in [-0.3, -0.25) is 9.59 Å². The third kappa shape index (κ3) is 4.65. The second-order valence-corrected chi connectivity index (χ2v) is 6.92. The van der Waals surface area contributed by atoms with E-state index in [0.717, 1.165) is 16.8 Å². The number of aliphatic hydroxyl groups excluding tert-OH is 1. The molecule has 0 bridgehead atoms. The molecule has 0 fully saturated rings. The summed E-state index contributed by atoms with van der Waals surface area (Å²) in [5.74, 6) is -0.316. The van der Waals surface area contributed by atoms with Gasteiger partial charge in [0.1, 0.15) is 0 Å². The number of amides is 1. The minimum atomic E-state index is -0.316. The zero-order valence-electron chi connectivity index (χ0n) is 15.4. The third-order valence-corrected chi connectivity index (χ3v) is 4.43. The van der Waals surface area contributed by atoms with Gasteiger partial charge in [0.25, 0.3) is 11.5 Å². The SMILES string of the molecule is Cc1cc(C)c(CNC(=O)c2cc(Cl)cc(NC(C)CO)c2C)c(=O)[nH]1. The fraction of sp³-hybridized carbons (Fsp3) is 0.368. The molecule has 0 aliphatic carbocycles. The van der Waals surface area contributed by atoms with E-state index in [4.69, 9.17) is 11.6 Å². The molecular formula is C19H24ClN3O3. The van der Waals surface area contributed by atoms with Crippen LogP contribution in [0.3, 0.4) is 0 Å². The summed E-state index contributed by atoms with van der Waals surface area (Å²) in [7, 11) is 0. The van der Waals surface area contributed by atoms with E-state index in [-0.39, 0.29) is 30.7 Å². The molecule has 0 aliphatic rings. The Morgan fingerprint density at radius 3 is 2.58 bits per heavy atom. The first-order chi connectivity index (χ1) is 12.2. The highest BCUT2D eigenvalue weighted by atomic mass is 35.5. The molecular weight excluding hydrogens is 354 g/mol. The van der Waals surface area contributed by atoms with Gasteiger partial charge in [0, 0.05) is 40.1 Å². The van der Waals surface area contributed by atoms with Gasteiger partial charge < -0.3 is 20.7 Å². The fourth-order valence-corrected chi connectivity index (χ4v) is 2.96. The first kappa shape index (κ1) is 20.0. The summed E-state index contributed by atoms with van der Waals surface area (Å²) in [4.78, 5) is 27.4. The summed E-state index contributed by atoms with van der Waals surface area (Å²) in [6.45, 7) is 7.37. The molecule has 140 valence electrons. The number of hydrogen-bond donors (Lipinski definition) is 4. The highest BCUT2D eigenvalue weighted by Gasteiger charge is 2.16. The van der Waals surface area contributed by atoms with Crippen LogP contribution in [0.4, 0.5) is 5.69 Å². The Balaban J connectivity index is 2.24. The van der Waals surface area contributed by atoms with E-state index in [1.807, 2.05) is 33.8 Å². The predicted octanol–water partition coefficient (Wildman–Crippen LogP) is 2.68. The lowest BCUT2D eigenvalue weighted by atomic mass is 10.0. The number of carbonyl (C=O) groups excluding carboxylic acids is 1. The van der Waals surface area contributed by atoms with Gasteiger partial charge in [0.2, 0.25) is 0 Å². The average Bonchev–Trinajstić information content (AvgIpc) is 2.56. The molecule has 7 heteroatoms. The first-order valence-corrected chi connectivity index (χ1v) is 8.75. The number of nitrogens with one attached hydrogen (secondary N) is 3. The van der Waals surface area contributed by atoms with Crippen LogP contribution in [0.1, 0.15) is 39.7 Å². The van der Waals surface area contributed by atoms with Crippen molar-refractivity contribution in [2.24, 2.45) is 0 Å². The van der Waals surface area contributed by atoms with Gasteiger partial charge in [-0.25, -0.2) is 0 Å². The van der Waals surface area contributed by atoms with Gasteiger partial charge in [-0.2, -0.15) is 0 Å². The van der Waals surface area contributed by atoms with E-state index in [1.54, 1.807) is 12.1 Å². The fourth-order valence-electron chi connectivity index (χ4n) is 2.74. The van der Waals surface area contributed by atoms with Crippen LogP contribution in [0.2, 0.25) is 5.02 Å². The Kier molecular flexibility index (Phi) is 6.45. The molecule has 0 aliphatic heterocycles. The molecule has 6 nitrogen and oxygen atoms in total. The van der Waals surface area contributed by atoms with Crippen molar-refractivity contribution in [3.8, 4) is 0 Å². The number of hydrogen-bond acceptors (Lipinski definition) is 4. The van der Waals surface area contributed by atoms with E-state index >= 15 is 0 Å². The Morgan fingerprint density at radius 2 is 1.96 bits per heavy atom. The Labute approximate surface area is 157 Å². The monoisotopic (exact) mass is 377 g/mol. The third-order valence-electron chi connectivity index (χ3n) is 4.21. The van der Waals surface area contributed by atoms with Gasteiger partial charge in [-0.05, 0) is 57.0 Å². The molecule has 0 saturated carbocycles. The maximum absolute atomic E-state index is 12.6. The van der Waals surface area contributed by atoms with Gasteiger partial charge in [0.05, 0.1) is 6.61 Å². The Morgan fingerprint density at radius 1 is 1.27 bits per heavy atom. The molecule has 4 N–H and O–H groups in total. The molecule has 1 unspecified atom stereocenters. The van der Waals surface area contributed by atoms with Gasteiger partial charge in [-0.15, -0.1) is 0 Å². The highest BCUT2D eigenvalue weighted by molar-refractivity contribution is 6.31. The molecule has 1 aromatic carbocycles. The summed E-state index contributed by atoms with van der Waals surface area (Å²) < 4.78 is 0. The van der Waals surface area contributed by atoms with Crippen molar-refractivity contribution < 1.29 is 9.90 Å². The summed E-state index contributed by atoms with van der Waals surface area (Å²) in [5.41, 5.74) is 3.76. The number of benzene rings is 1. The first-order valence-electron chi connectivity index (χ1n) is 8.38. The van der Waals surface area contributed by atoms with Crippen molar-refractivity contribution in [2.45, 2.75) is 40.3 Å². The van der Waals surface area contributed by atoms with Crippen LogP contribution in [0.5, 0.6) is 0 Å². The summed E-state index contributed by atoms with van der Waals surface area (Å²) in [6.07, 6.45) is 0. The van der Waals surface area contributed by atoms with Crippen molar-refractivity contribution in [1.29, 1.82) is 0 Å². The van der Waals surface area contributed by atoms with Crippen molar-refractivity contribution in [3.05, 3.63) is 61.5 Å². The molecule has 1 amide bonds. The Hall–Kier alpha value is -2.31. The van der Waals surface area contributed by atoms with E-state index in [2.05, 4.69) is 15.6 Å². The highest BCUT2D eigenvalue weighted by Crippen LogP contribution is 2.25. The van der Waals surface area contributed by atoms with Gasteiger partial charge >= 0.3 is 0 Å². The zero-order chi connectivity index (χ0) is 19.4. The Bertz CT molecular complexity index is 877. The van der Waals surface area contributed by atoms with Crippen molar-refractivity contribution in [3.63, 3.8) is 0 Å². The summed E-state index contributed by atoms with van der Waals surface area (Å²) >= 11 is 6.14. The van der Waals surface area contributed by atoms with E-state index in [9.17, 15) is 14.7 Å². The molecule has 0 saturated heterocycles. The number of aliphatic hydroxyl groups is 1. The van der Waals surface area contributed by atoms with Crippen LogP contribution in [0, 0.1) is 20.8 Å². The van der Waals surface area contributed by atoms with Crippen LogP contribution in [0.25, 0.3) is 0 Å². The summed E-state index contributed by atoms with van der Waals surface area (Å²) in [5, 5.41) is 15.5. The second kappa shape index (κ2) is 8.38. The minimum Gasteiger partial charge on any atom is -0.394 e. The number of H-pyrrole nitrogens is 1. The van der Waals surface area contributed by atoms with Crippen LogP contribution >= 0.6 is 11.6 Å². The van der Waals surface area contributed by atoms with Crippen molar-refractivity contribution >= 4 is 23.2 Å². The van der Waals surface area contributed by atoms with Crippen molar-refractivity contribution in [1.82, 2.24) is 10.3 Å². The molecule has 1 heterocycles. The molecule has 2 rings (SSSR count). The lowest BCUT2D eigenvalue weighted by Crippen LogP contribution is -2.29. The van der Waals surface area contributed by atoms with Crippen LogP contribution in [-0.2, 0) is 6.54 Å². The average molecular weight is 378 g/mol. The zero-order valence-corrected chi connectivity index (χ0v) is 16.1.